The molecule has 1 aliphatic rings. The Morgan fingerprint density at radius 1 is 1.32 bits per heavy atom. The van der Waals surface area contributed by atoms with Crippen LogP contribution >= 0.6 is 23.1 Å². The van der Waals surface area contributed by atoms with Gasteiger partial charge < -0.3 is 0 Å². The largest absolute Gasteiger partial charge is 0.268 e. The molecular weight excluding hydrogens is 386 g/mol. The summed E-state index contributed by atoms with van der Waals surface area (Å²) in [4.78, 5) is 20.7. The van der Waals surface area contributed by atoms with E-state index in [1.165, 1.54) is 10.4 Å². The molecule has 1 unspecified atom stereocenters. The summed E-state index contributed by atoms with van der Waals surface area (Å²) < 4.78 is 1.78. The summed E-state index contributed by atoms with van der Waals surface area (Å²) in [5.41, 5.74) is 2.15. The van der Waals surface area contributed by atoms with E-state index >= 15 is 0 Å². The first-order chi connectivity index (χ1) is 13.7. The Kier molecular flexibility index (Phi) is 5.84. The lowest BCUT2D eigenvalue weighted by Crippen LogP contribution is -2.22. The summed E-state index contributed by atoms with van der Waals surface area (Å²) in [6, 6.07) is 12.0. The zero-order valence-electron chi connectivity index (χ0n) is 16.0. The number of nitrogens with zero attached hydrogens (tertiary/aromatic N) is 3. The number of hydrogen-bond acceptors (Lipinski definition) is 5. The number of hydrogen-bond donors (Lipinski definition) is 0. The number of thioether (sulfide) groups is 1. The number of para-hydroxylation sites is 1. The average molecular weight is 410 g/mol. The molecule has 1 aliphatic carbocycles. The Balaban J connectivity index is 1.80. The minimum absolute atomic E-state index is 0.0581. The molecule has 0 amide bonds. The van der Waals surface area contributed by atoms with Crippen molar-refractivity contribution in [1.82, 2.24) is 9.55 Å². The van der Waals surface area contributed by atoms with Gasteiger partial charge in [-0.3, -0.25) is 9.36 Å². The van der Waals surface area contributed by atoms with Crippen LogP contribution in [-0.2, 0) is 12.8 Å². The van der Waals surface area contributed by atoms with Crippen molar-refractivity contribution in [2.45, 2.75) is 50.6 Å². The lowest BCUT2D eigenvalue weighted by molar-refractivity contribution is 0.509. The second-order valence-corrected chi connectivity index (χ2v) is 9.51. The van der Waals surface area contributed by atoms with Crippen LogP contribution in [0.15, 0.2) is 40.3 Å². The molecule has 0 spiro atoms. The lowest BCUT2D eigenvalue weighted by atomic mass is 9.89. The zero-order valence-corrected chi connectivity index (χ0v) is 17.6. The van der Waals surface area contributed by atoms with Crippen LogP contribution in [-0.4, -0.2) is 15.3 Å². The summed E-state index contributed by atoms with van der Waals surface area (Å²) in [6.45, 7) is 2.28. The highest BCUT2D eigenvalue weighted by Crippen LogP contribution is 2.37. The lowest BCUT2D eigenvalue weighted by Gasteiger charge is -2.17. The molecule has 3 aromatic rings. The van der Waals surface area contributed by atoms with Gasteiger partial charge in [0.25, 0.3) is 5.56 Å². The van der Waals surface area contributed by atoms with Crippen molar-refractivity contribution in [2.75, 3.05) is 5.75 Å². The van der Waals surface area contributed by atoms with Gasteiger partial charge in [0, 0.05) is 17.1 Å². The van der Waals surface area contributed by atoms with E-state index in [2.05, 4.69) is 13.0 Å². The zero-order chi connectivity index (χ0) is 19.5. The number of benzene rings is 1. The third-order valence-electron chi connectivity index (χ3n) is 5.23. The molecule has 1 atom stereocenters. The average Bonchev–Trinajstić information content (AvgIpc) is 3.06. The molecule has 4 nitrogen and oxygen atoms in total. The number of thiophene rings is 1. The molecule has 4 rings (SSSR count). The van der Waals surface area contributed by atoms with Gasteiger partial charge in [-0.1, -0.05) is 36.9 Å². The molecule has 0 bridgehead atoms. The Hall–Kier alpha value is -2.10. The van der Waals surface area contributed by atoms with E-state index in [1.807, 2.05) is 30.3 Å². The minimum atomic E-state index is 0.0581. The van der Waals surface area contributed by atoms with Crippen molar-refractivity contribution in [1.29, 1.82) is 5.26 Å². The summed E-state index contributed by atoms with van der Waals surface area (Å²) in [6.07, 6.45) is 5.57. The molecule has 2 heterocycles. The molecule has 0 aliphatic heterocycles. The Labute approximate surface area is 173 Å². The fraction of sp³-hybridized carbons (Fsp3) is 0.409. The highest BCUT2D eigenvalue weighted by Gasteiger charge is 2.25. The van der Waals surface area contributed by atoms with Crippen molar-refractivity contribution in [2.24, 2.45) is 5.92 Å². The molecule has 144 valence electrons. The van der Waals surface area contributed by atoms with Crippen LogP contribution in [0.4, 0.5) is 0 Å². The highest BCUT2D eigenvalue weighted by molar-refractivity contribution is 7.99. The Bertz CT molecular complexity index is 1080. The summed E-state index contributed by atoms with van der Waals surface area (Å²) >= 11 is 3.32. The number of unbranched alkanes of at least 4 members (excludes halogenated alkanes) is 2. The smallest absolute Gasteiger partial charge is 0.267 e. The SMILES string of the molecule is CC1CCc2c(sc3nc(SCCCCC#N)n(-c4ccccc4)c(=O)c23)C1. The molecule has 0 fully saturated rings. The number of aryl methyl sites for hydroxylation is 1. The van der Waals surface area contributed by atoms with E-state index in [9.17, 15) is 4.79 Å². The van der Waals surface area contributed by atoms with Gasteiger partial charge >= 0.3 is 0 Å². The van der Waals surface area contributed by atoms with Crippen molar-refractivity contribution < 1.29 is 0 Å². The molecule has 0 radical (unpaired) electrons. The molecule has 0 N–H and O–H groups in total. The van der Waals surface area contributed by atoms with Crippen molar-refractivity contribution in [3.8, 4) is 11.8 Å². The molecular formula is C22H23N3OS2. The topological polar surface area (TPSA) is 58.7 Å². The summed E-state index contributed by atoms with van der Waals surface area (Å²) in [7, 11) is 0. The minimum Gasteiger partial charge on any atom is -0.268 e. The van der Waals surface area contributed by atoms with E-state index in [-0.39, 0.29) is 5.56 Å². The molecule has 28 heavy (non-hydrogen) atoms. The second-order valence-electron chi connectivity index (χ2n) is 7.37. The molecule has 6 heteroatoms. The van der Waals surface area contributed by atoms with Crippen LogP contribution < -0.4 is 5.56 Å². The number of nitriles is 1. The Morgan fingerprint density at radius 2 is 2.14 bits per heavy atom. The van der Waals surface area contributed by atoms with Crippen LogP contribution in [0, 0.1) is 17.2 Å². The van der Waals surface area contributed by atoms with Gasteiger partial charge in [0.1, 0.15) is 4.83 Å². The van der Waals surface area contributed by atoms with Gasteiger partial charge in [-0.25, -0.2) is 4.98 Å². The maximum Gasteiger partial charge on any atom is 0.267 e. The quantitative estimate of drug-likeness (QED) is 0.312. The molecule has 1 aromatic carbocycles. The van der Waals surface area contributed by atoms with E-state index < -0.39 is 0 Å². The molecule has 0 saturated heterocycles. The van der Waals surface area contributed by atoms with Crippen LogP contribution in [0.25, 0.3) is 15.9 Å². The number of fused-ring (bicyclic) bond motifs is 3. The van der Waals surface area contributed by atoms with Crippen molar-refractivity contribution in [3.63, 3.8) is 0 Å². The monoisotopic (exact) mass is 409 g/mol. The first-order valence-corrected chi connectivity index (χ1v) is 11.6. The van der Waals surface area contributed by atoms with Crippen LogP contribution in [0.3, 0.4) is 0 Å². The molecule has 0 saturated carbocycles. The van der Waals surface area contributed by atoms with Gasteiger partial charge in [-0.05, 0) is 55.7 Å². The standard InChI is InChI=1S/C22H23N3OS2/c1-15-10-11-17-18(14-15)28-20-19(17)21(26)25(16-8-4-2-5-9-16)22(24-20)27-13-7-3-6-12-23/h2,4-5,8-9,15H,3,6-7,10-11,13-14H2,1H3. The van der Waals surface area contributed by atoms with E-state index in [0.717, 1.165) is 58.9 Å². The third kappa shape index (κ3) is 3.74. The second kappa shape index (κ2) is 8.50. The van der Waals surface area contributed by atoms with Gasteiger partial charge in [0.05, 0.1) is 17.1 Å². The number of aromatic nitrogens is 2. The predicted molar refractivity (Wildman–Crippen MR) is 117 cm³/mol. The first-order valence-electron chi connectivity index (χ1n) is 9.81. The van der Waals surface area contributed by atoms with Crippen molar-refractivity contribution >= 4 is 33.3 Å². The highest BCUT2D eigenvalue weighted by atomic mass is 32.2. The van der Waals surface area contributed by atoms with Crippen LogP contribution in [0.1, 0.15) is 43.0 Å². The van der Waals surface area contributed by atoms with Gasteiger partial charge in [0.2, 0.25) is 0 Å². The summed E-state index contributed by atoms with van der Waals surface area (Å²) in [5, 5.41) is 10.3. The van der Waals surface area contributed by atoms with E-state index in [0.29, 0.717) is 12.3 Å². The molecule has 2 aromatic heterocycles. The summed E-state index contributed by atoms with van der Waals surface area (Å²) in [5.74, 6) is 1.53. The van der Waals surface area contributed by atoms with Crippen LogP contribution in [0.2, 0.25) is 0 Å². The maximum absolute atomic E-state index is 13.6. The maximum atomic E-state index is 13.6. The fourth-order valence-corrected chi connectivity index (χ4v) is 6.18. The van der Waals surface area contributed by atoms with Gasteiger partial charge in [-0.2, -0.15) is 5.26 Å². The first kappa shape index (κ1) is 19.2. The van der Waals surface area contributed by atoms with Crippen molar-refractivity contribution in [3.05, 3.63) is 51.1 Å². The normalized spacial score (nSPS) is 16.1. The van der Waals surface area contributed by atoms with E-state index in [4.69, 9.17) is 10.2 Å². The van der Waals surface area contributed by atoms with Gasteiger partial charge in [-0.15, -0.1) is 11.3 Å². The van der Waals surface area contributed by atoms with Crippen LogP contribution in [0.5, 0.6) is 0 Å². The predicted octanol–water partition coefficient (Wildman–Crippen LogP) is 5.36. The van der Waals surface area contributed by atoms with Gasteiger partial charge in [0.15, 0.2) is 5.16 Å². The number of rotatable bonds is 6. The third-order valence-corrected chi connectivity index (χ3v) is 7.40. The van der Waals surface area contributed by atoms with E-state index in [1.54, 1.807) is 27.7 Å². The Morgan fingerprint density at radius 3 is 2.93 bits per heavy atom. The fourth-order valence-electron chi connectivity index (χ4n) is 3.74.